The van der Waals surface area contributed by atoms with Crippen LogP contribution in [0, 0.1) is 5.82 Å². The van der Waals surface area contributed by atoms with Crippen molar-refractivity contribution in [2.45, 2.75) is 32.1 Å². The fraction of sp³-hybridized carbons (Fsp3) is 0.357. The number of piperidine rings is 1. The highest BCUT2D eigenvalue weighted by Crippen LogP contribution is 2.33. The van der Waals surface area contributed by atoms with Gasteiger partial charge >= 0.3 is 11.9 Å². The molecule has 0 atom stereocenters. The number of ketones is 1. The maximum absolute atomic E-state index is 13.4. The standard InChI is InChI=1S/C24H27FN2O4.C4H4O4/c1-16(28)18-4-7-21(23(14-18)29-2)30-13-3-10-27-11-8-17(9-12-27)24-20-6-5-19(25)15-22(20)31-26-24;5-3(6)1-2-4(7)8/h4-7,14-15,17H,3,8-13H2,1-2H3;1-2H,(H,5,6)(H,7,8). The van der Waals surface area contributed by atoms with Crippen LogP contribution in [0.3, 0.4) is 0 Å². The monoisotopic (exact) mass is 542 g/mol. The largest absolute Gasteiger partial charge is 0.493 e. The van der Waals surface area contributed by atoms with Gasteiger partial charge in [-0.05, 0) is 69.6 Å². The number of ether oxygens (including phenoxy) is 2. The van der Waals surface area contributed by atoms with Crippen LogP contribution in [-0.2, 0) is 9.59 Å². The first-order chi connectivity index (χ1) is 18.7. The van der Waals surface area contributed by atoms with Gasteiger partial charge in [-0.2, -0.15) is 0 Å². The molecule has 2 aromatic carbocycles. The number of hydrogen-bond acceptors (Lipinski definition) is 8. The van der Waals surface area contributed by atoms with E-state index >= 15 is 0 Å². The number of aromatic nitrogens is 1. The molecule has 1 aliphatic rings. The number of carbonyl (C=O) groups is 3. The van der Waals surface area contributed by atoms with Crippen molar-refractivity contribution in [3.8, 4) is 11.5 Å². The highest BCUT2D eigenvalue weighted by Gasteiger charge is 2.25. The molecule has 2 N–H and O–H groups in total. The summed E-state index contributed by atoms with van der Waals surface area (Å²) >= 11 is 0. The molecule has 0 aliphatic carbocycles. The third-order valence-electron chi connectivity index (χ3n) is 6.25. The van der Waals surface area contributed by atoms with Crippen molar-refractivity contribution in [3.05, 3.63) is 65.6 Å². The van der Waals surface area contributed by atoms with Crippen LogP contribution in [0.15, 0.2) is 53.1 Å². The summed E-state index contributed by atoms with van der Waals surface area (Å²) in [6.07, 6.45) is 4.01. The lowest BCUT2D eigenvalue weighted by Crippen LogP contribution is -2.34. The SMILES string of the molecule is COc1cc(C(C)=O)ccc1OCCCN1CCC(c2noc3cc(F)ccc23)CC1.O=C(O)C=CC(=O)O. The summed E-state index contributed by atoms with van der Waals surface area (Å²) in [4.78, 5) is 33.0. The van der Waals surface area contributed by atoms with E-state index in [1.54, 1.807) is 31.4 Å². The summed E-state index contributed by atoms with van der Waals surface area (Å²) in [6.45, 7) is 5.03. The van der Waals surface area contributed by atoms with Crippen molar-refractivity contribution >= 4 is 28.7 Å². The van der Waals surface area contributed by atoms with E-state index in [-0.39, 0.29) is 11.6 Å². The van der Waals surface area contributed by atoms with E-state index < -0.39 is 11.9 Å². The predicted octanol–water partition coefficient (Wildman–Crippen LogP) is 4.54. The second kappa shape index (κ2) is 14.1. The van der Waals surface area contributed by atoms with Crippen LogP contribution in [0.4, 0.5) is 4.39 Å². The molecular formula is C28H31FN2O8. The van der Waals surface area contributed by atoms with Crippen LogP contribution in [0.1, 0.15) is 48.2 Å². The number of carbonyl (C=O) groups excluding carboxylic acids is 1. The molecular weight excluding hydrogens is 511 g/mol. The van der Waals surface area contributed by atoms with Gasteiger partial charge in [-0.1, -0.05) is 5.16 Å². The van der Waals surface area contributed by atoms with Crippen LogP contribution < -0.4 is 9.47 Å². The van der Waals surface area contributed by atoms with Crippen LogP contribution in [0.2, 0.25) is 0 Å². The number of aliphatic carboxylic acids is 2. The van der Waals surface area contributed by atoms with Gasteiger partial charge in [0.25, 0.3) is 0 Å². The molecule has 1 aliphatic heterocycles. The second-order valence-corrected chi connectivity index (χ2v) is 8.96. The number of likely N-dealkylation sites (tertiary alicyclic amines) is 1. The molecule has 3 aromatic rings. The molecule has 0 bridgehead atoms. The Morgan fingerprint density at radius 1 is 1.08 bits per heavy atom. The van der Waals surface area contributed by atoms with E-state index in [1.165, 1.54) is 19.1 Å². The first-order valence-electron chi connectivity index (χ1n) is 12.4. The van der Waals surface area contributed by atoms with Gasteiger partial charge in [-0.15, -0.1) is 0 Å². The van der Waals surface area contributed by atoms with Gasteiger partial charge in [-0.25, -0.2) is 14.0 Å². The lowest BCUT2D eigenvalue weighted by molar-refractivity contribution is -0.134. The van der Waals surface area contributed by atoms with Crippen LogP contribution in [-0.4, -0.2) is 71.3 Å². The lowest BCUT2D eigenvalue weighted by atomic mass is 9.91. The molecule has 0 spiro atoms. The predicted molar refractivity (Wildman–Crippen MR) is 140 cm³/mol. The number of hydrogen-bond donors (Lipinski definition) is 2. The molecule has 0 saturated carbocycles. The Morgan fingerprint density at radius 2 is 1.77 bits per heavy atom. The molecule has 1 fully saturated rings. The van der Waals surface area contributed by atoms with Gasteiger partial charge in [0, 0.05) is 41.6 Å². The molecule has 1 saturated heterocycles. The highest BCUT2D eigenvalue weighted by molar-refractivity contribution is 5.94. The van der Waals surface area contributed by atoms with Crippen molar-refractivity contribution in [2.75, 3.05) is 33.4 Å². The van der Waals surface area contributed by atoms with Crippen LogP contribution >= 0.6 is 0 Å². The summed E-state index contributed by atoms with van der Waals surface area (Å²) in [7, 11) is 1.57. The van der Waals surface area contributed by atoms with E-state index in [0.717, 1.165) is 50.0 Å². The van der Waals surface area contributed by atoms with Gasteiger partial charge in [-0.3, -0.25) is 4.79 Å². The highest BCUT2D eigenvalue weighted by atomic mass is 19.1. The van der Waals surface area contributed by atoms with E-state index in [0.29, 0.717) is 47.3 Å². The zero-order valence-corrected chi connectivity index (χ0v) is 21.8. The molecule has 39 heavy (non-hydrogen) atoms. The molecule has 4 rings (SSSR count). The minimum atomic E-state index is -1.26. The average molecular weight is 543 g/mol. The van der Waals surface area contributed by atoms with Crippen molar-refractivity contribution < 1.29 is 43.0 Å². The molecule has 0 amide bonds. The second-order valence-electron chi connectivity index (χ2n) is 8.96. The van der Waals surface area contributed by atoms with Crippen LogP contribution in [0.5, 0.6) is 11.5 Å². The number of methoxy groups -OCH3 is 1. The van der Waals surface area contributed by atoms with E-state index in [4.69, 9.17) is 24.2 Å². The van der Waals surface area contributed by atoms with Gasteiger partial charge in [0.2, 0.25) is 0 Å². The fourth-order valence-electron chi connectivity index (χ4n) is 4.27. The smallest absolute Gasteiger partial charge is 0.328 e. The normalized spacial score (nSPS) is 14.1. The lowest BCUT2D eigenvalue weighted by Gasteiger charge is -2.31. The molecule has 11 heteroatoms. The summed E-state index contributed by atoms with van der Waals surface area (Å²) in [5.74, 6) is -1.25. The Balaban J connectivity index is 0.000000459. The fourth-order valence-corrected chi connectivity index (χ4v) is 4.27. The maximum Gasteiger partial charge on any atom is 0.328 e. The van der Waals surface area contributed by atoms with Gasteiger partial charge in [0.15, 0.2) is 22.9 Å². The minimum Gasteiger partial charge on any atom is -0.493 e. The third kappa shape index (κ3) is 8.64. The molecule has 0 radical (unpaired) electrons. The molecule has 1 aromatic heterocycles. The van der Waals surface area contributed by atoms with E-state index in [9.17, 15) is 18.8 Å². The Morgan fingerprint density at radius 3 is 2.38 bits per heavy atom. The zero-order chi connectivity index (χ0) is 28.4. The summed E-state index contributed by atoms with van der Waals surface area (Å²) in [5, 5.41) is 20.8. The number of fused-ring (bicyclic) bond motifs is 1. The number of carboxylic acids is 2. The number of rotatable bonds is 10. The minimum absolute atomic E-state index is 0.000894. The Kier molecular flexibility index (Phi) is 10.6. The van der Waals surface area contributed by atoms with Gasteiger partial charge < -0.3 is 29.1 Å². The Labute approximate surface area is 224 Å². The number of carboxylic acid groups (broad SMARTS) is 2. The topological polar surface area (TPSA) is 139 Å². The first-order valence-corrected chi connectivity index (χ1v) is 12.4. The van der Waals surface area contributed by atoms with Crippen molar-refractivity contribution in [3.63, 3.8) is 0 Å². The third-order valence-corrected chi connectivity index (χ3v) is 6.25. The summed E-state index contributed by atoms with van der Waals surface area (Å²) < 4.78 is 29.9. The molecule has 208 valence electrons. The summed E-state index contributed by atoms with van der Waals surface area (Å²) in [6, 6.07) is 9.87. The molecule has 2 heterocycles. The number of nitrogens with zero attached hydrogens (tertiary/aromatic N) is 2. The first kappa shape index (κ1) is 29.3. The molecule has 0 unspecified atom stereocenters. The number of Topliss-reactive ketones (excluding diaryl/α,β-unsaturated/α-hetero) is 1. The van der Waals surface area contributed by atoms with Gasteiger partial charge in [0.05, 0.1) is 19.4 Å². The van der Waals surface area contributed by atoms with Crippen LogP contribution in [0.25, 0.3) is 11.0 Å². The maximum atomic E-state index is 13.4. The molecule has 10 nitrogen and oxygen atoms in total. The van der Waals surface area contributed by atoms with E-state index in [2.05, 4.69) is 10.1 Å². The van der Waals surface area contributed by atoms with Gasteiger partial charge in [0.1, 0.15) is 5.82 Å². The summed E-state index contributed by atoms with van der Waals surface area (Å²) in [5.41, 5.74) is 2.07. The van der Waals surface area contributed by atoms with Crippen molar-refractivity contribution in [2.24, 2.45) is 0 Å². The Bertz CT molecular complexity index is 1310. The van der Waals surface area contributed by atoms with E-state index in [1.807, 2.05) is 0 Å². The average Bonchev–Trinajstić information content (AvgIpc) is 3.33. The van der Waals surface area contributed by atoms with Crippen molar-refractivity contribution in [1.29, 1.82) is 0 Å². The van der Waals surface area contributed by atoms with Crippen molar-refractivity contribution in [1.82, 2.24) is 10.1 Å². The Hall–Kier alpha value is -4.25. The number of halogens is 1. The number of benzene rings is 2. The zero-order valence-electron chi connectivity index (χ0n) is 21.8. The quantitative estimate of drug-likeness (QED) is 0.213.